The SMILES string of the molecule is Cc1ccc2o[pH]oc3ccc4ccccc4c3c2c1. The smallest absolute Gasteiger partial charge is 0.201 e. The van der Waals surface area contributed by atoms with Crippen LogP contribution in [0.3, 0.4) is 0 Å². The Morgan fingerprint density at radius 1 is 0.800 bits per heavy atom. The van der Waals surface area contributed by atoms with Crippen molar-refractivity contribution in [3.8, 4) is 0 Å². The molecule has 98 valence electrons. The van der Waals surface area contributed by atoms with Crippen molar-refractivity contribution in [1.82, 2.24) is 0 Å². The van der Waals surface area contributed by atoms with Crippen LogP contribution in [0, 0.1) is 6.92 Å². The maximum absolute atomic E-state index is 5.78. The summed E-state index contributed by atoms with van der Waals surface area (Å²) in [5.41, 5.74) is 3.01. The normalized spacial score (nSPS) is 11.7. The number of hydrogen-bond donors (Lipinski definition) is 0. The van der Waals surface area contributed by atoms with Crippen molar-refractivity contribution >= 4 is 41.4 Å². The van der Waals surface area contributed by atoms with Crippen LogP contribution in [0.5, 0.6) is 0 Å². The average molecular weight is 280 g/mol. The Bertz CT molecular complexity index is 970. The van der Waals surface area contributed by atoms with E-state index in [0.29, 0.717) is 0 Å². The molecule has 2 nitrogen and oxygen atoms in total. The van der Waals surface area contributed by atoms with Crippen LogP contribution >= 0.6 is 8.67 Å². The molecule has 0 radical (unpaired) electrons. The van der Waals surface area contributed by atoms with E-state index in [9.17, 15) is 0 Å². The third-order valence-electron chi connectivity index (χ3n) is 3.60. The van der Waals surface area contributed by atoms with Crippen LogP contribution in [0.25, 0.3) is 32.7 Å². The van der Waals surface area contributed by atoms with Gasteiger partial charge in [0.05, 0.1) is 0 Å². The first kappa shape index (κ1) is 11.6. The molecule has 4 rings (SSSR count). The summed E-state index contributed by atoms with van der Waals surface area (Å²) < 4.78 is 11.5. The summed E-state index contributed by atoms with van der Waals surface area (Å²) in [7, 11) is -0.00332. The van der Waals surface area contributed by atoms with Gasteiger partial charge in [-0.1, -0.05) is 42.0 Å². The molecule has 0 bridgehead atoms. The van der Waals surface area contributed by atoms with Crippen molar-refractivity contribution in [3.63, 3.8) is 0 Å². The Labute approximate surface area is 117 Å². The van der Waals surface area contributed by atoms with Gasteiger partial charge < -0.3 is 8.39 Å². The molecule has 3 heteroatoms. The molecule has 0 amide bonds. The maximum atomic E-state index is 5.78. The summed E-state index contributed by atoms with van der Waals surface area (Å²) in [6, 6.07) is 18.8. The second-order valence-corrected chi connectivity index (χ2v) is 5.52. The highest BCUT2D eigenvalue weighted by atomic mass is 31.1. The van der Waals surface area contributed by atoms with Gasteiger partial charge in [0.2, 0.25) is 8.67 Å². The molecule has 0 spiro atoms. The lowest BCUT2D eigenvalue weighted by Gasteiger charge is -2.02. The predicted octanol–water partition coefficient (Wildman–Crippen LogP) is 5.80. The molecular formula is C17H13O2P. The first-order chi connectivity index (χ1) is 9.83. The topological polar surface area (TPSA) is 26.3 Å². The lowest BCUT2D eigenvalue weighted by Crippen LogP contribution is -1.78. The van der Waals surface area contributed by atoms with Gasteiger partial charge in [-0.25, -0.2) is 0 Å². The second-order valence-electron chi connectivity index (χ2n) is 4.95. The van der Waals surface area contributed by atoms with Crippen molar-refractivity contribution in [2.45, 2.75) is 6.92 Å². The van der Waals surface area contributed by atoms with Gasteiger partial charge in [-0.15, -0.1) is 0 Å². The molecule has 3 aromatic carbocycles. The number of benzene rings is 3. The summed E-state index contributed by atoms with van der Waals surface area (Å²) in [4.78, 5) is 0. The molecule has 0 N–H and O–H groups in total. The van der Waals surface area contributed by atoms with E-state index < -0.39 is 0 Å². The predicted molar refractivity (Wildman–Crippen MR) is 85.4 cm³/mol. The average Bonchev–Trinajstić information content (AvgIpc) is 2.66. The molecule has 1 unspecified atom stereocenters. The summed E-state index contributed by atoms with van der Waals surface area (Å²) in [5, 5.41) is 4.66. The van der Waals surface area contributed by atoms with Crippen LogP contribution in [0.2, 0.25) is 0 Å². The van der Waals surface area contributed by atoms with E-state index >= 15 is 0 Å². The van der Waals surface area contributed by atoms with E-state index in [-0.39, 0.29) is 8.67 Å². The van der Waals surface area contributed by atoms with E-state index in [1.807, 2.05) is 12.1 Å². The molecule has 1 atom stereocenters. The minimum atomic E-state index is -0.00332. The third-order valence-corrected chi connectivity index (χ3v) is 4.20. The minimum Gasteiger partial charge on any atom is -0.421 e. The minimum absolute atomic E-state index is 0.00332. The van der Waals surface area contributed by atoms with Crippen LogP contribution in [0.1, 0.15) is 5.56 Å². The first-order valence-electron chi connectivity index (χ1n) is 6.54. The van der Waals surface area contributed by atoms with Gasteiger partial charge in [-0.05, 0) is 35.9 Å². The lowest BCUT2D eigenvalue weighted by molar-refractivity contribution is 0.663. The standard InChI is InChI=1S/C17H13O2P/c1-11-6-8-15-14(10-11)17-13-5-3-2-4-12(13)7-9-16(17)19-20-18-15/h2-10,20H,1H3. The fraction of sp³-hybridized carbons (Fsp3) is 0.0588. The van der Waals surface area contributed by atoms with E-state index in [1.54, 1.807) is 0 Å². The van der Waals surface area contributed by atoms with Gasteiger partial charge in [0.15, 0.2) is 0 Å². The third kappa shape index (κ3) is 1.73. The Kier molecular flexibility index (Phi) is 2.58. The number of fused-ring (bicyclic) bond motifs is 5. The summed E-state index contributed by atoms with van der Waals surface area (Å²) >= 11 is 0. The molecule has 1 aromatic heterocycles. The Hall–Kier alpha value is -2.18. The zero-order valence-electron chi connectivity index (χ0n) is 11.0. The zero-order chi connectivity index (χ0) is 13.5. The van der Waals surface area contributed by atoms with Crippen molar-refractivity contribution < 1.29 is 8.39 Å². The fourth-order valence-electron chi connectivity index (χ4n) is 2.65. The summed E-state index contributed by atoms with van der Waals surface area (Å²) in [6.07, 6.45) is 0. The molecule has 1 heterocycles. The highest BCUT2D eigenvalue weighted by Gasteiger charge is 2.06. The molecular weight excluding hydrogens is 267 g/mol. The van der Waals surface area contributed by atoms with Crippen molar-refractivity contribution in [2.75, 3.05) is 0 Å². The highest BCUT2D eigenvalue weighted by molar-refractivity contribution is 7.15. The molecule has 20 heavy (non-hydrogen) atoms. The van der Waals surface area contributed by atoms with E-state index in [4.69, 9.17) is 8.39 Å². The van der Waals surface area contributed by atoms with Crippen molar-refractivity contribution in [1.29, 1.82) is 0 Å². The van der Waals surface area contributed by atoms with Gasteiger partial charge in [-0.2, -0.15) is 0 Å². The maximum Gasteiger partial charge on any atom is 0.201 e. The van der Waals surface area contributed by atoms with Crippen molar-refractivity contribution in [3.05, 3.63) is 60.2 Å². The van der Waals surface area contributed by atoms with Crippen LogP contribution in [0.4, 0.5) is 0 Å². The molecule has 0 fully saturated rings. The fourth-order valence-corrected chi connectivity index (χ4v) is 3.22. The number of hydrogen-bond acceptors (Lipinski definition) is 2. The van der Waals surface area contributed by atoms with Crippen molar-refractivity contribution in [2.24, 2.45) is 0 Å². The van der Waals surface area contributed by atoms with Crippen LogP contribution in [-0.2, 0) is 0 Å². The Morgan fingerprint density at radius 3 is 2.55 bits per heavy atom. The number of aryl methyl sites for hydroxylation is 1. The lowest BCUT2D eigenvalue weighted by atomic mass is 10.0. The first-order valence-corrected chi connectivity index (χ1v) is 7.36. The van der Waals surface area contributed by atoms with E-state index in [1.165, 1.54) is 16.3 Å². The van der Waals surface area contributed by atoms with Gasteiger partial charge in [0.25, 0.3) is 0 Å². The molecule has 0 aliphatic heterocycles. The van der Waals surface area contributed by atoms with Crippen LogP contribution in [-0.4, -0.2) is 0 Å². The second kappa shape index (κ2) is 4.43. The van der Waals surface area contributed by atoms with E-state index in [2.05, 4.69) is 49.4 Å². The van der Waals surface area contributed by atoms with Gasteiger partial charge >= 0.3 is 0 Å². The van der Waals surface area contributed by atoms with Gasteiger partial charge in [-0.3, -0.25) is 0 Å². The molecule has 0 aliphatic carbocycles. The largest absolute Gasteiger partial charge is 0.421 e. The molecule has 0 saturated carbocycles. The van der Waals surface area contributed by atoms with Crippen LogP contribution < -0.4 is 0 Å². The van der Waals surface area contributed by atoms with Gasteiger partial charge in [0.1, 0.15) is 11.2 Å². The quantitative estimate of drug-likeness (QED) is 0.407. The highest BCUT2D eigenvalue weighted by Crippen LogP contribution is 2.33. The Balaban J connectivity index is 2.40. The zero-order valence-corrected chi connectivity index (χ0v) is 12.0. The van der Waals surface area contributed by atoms with Gasteiger partial charge in [0, 0.05) is 10.8 Å². The van der Waals surface area contributed by atoms with E-state index in [0.717, 1.165) is 21.9 Å². The molecule has 4 aromatic rings. The Morgan fingerprint density at radius 2 is 1.60 bits per heavy atom. The van der Waals surface area contributed by atoms with Crippen LogP contribution in [0.15, 0.2) is 63.0 Å². The molecule has 0 saturated heterocycles. The summed E-state index contributed by atoms with van der Waals surface area (Å²) in [6.45, 7) is 2.10. The molecule has 0 aliphatic rings. The summed E-state index contributed by atoms with van der Waals surface area (Å²) in [5.74, 6) is 0. The monoisotopic (exact) mass is 280 g/mol. The number of rotatable bonds is 0.